The first-order valence-electron chi connectivity index (χ1n) is 8.19. The maximum absolute atomic E-state index is 12.3. The lowest BCUT2D eigenvalue weighted by molar-refractivity contribution is -0.148. The van der Waals surface area contributed by atoms with Crippen LogP contribution in [-0.2, 0) is 14.3 Å². The smallest absolute Gasteiger partial charge is 0.331 e. The van der Waals surface area contributed by atoms with Crippen molar-refractivity contribution < 1.29 is 14.3 Å². The summed E-state index contributed by atoms with van der Waals surface area (Å²) in [6, 6.07) is 13.4. The van der Waals surface area contributed by atoms with Crippen molar-refractivity contribution >= 4 is 23.6 Å². The highest BCUT2D eigenvalue weighted by molar-refractivity contribution is 5.97. The Bertz CT molecular complexity index is 771. The average molecular weight is 337 g/mol. The zero-order chi connectivity index (χ0) is 18.4. The van der Waals surface area contributed by atoms with Gasteiger partial charge in [-0.25, -0.2) is 4.79 Å². The number of carbonyl (C=O) groups is 2. The van der Waals surface area contributed by atoms with E-state index in [-0.39, 0.29) is 5.91 Å². The molecule has 2 rings (SSSR count). The number of amides is 1. The van der Waals surface area contributed by atoms with Gasteiger partial charge in [-0.2, -0.15) is 0 Å². The molecule has 0 aliphatic heterocycles. The molecule has 0 bridgehead atoms. The molecule has 2 aromatic carbocycles. The molecule has 2 aromatic rings. The Morgan fingerprint density at radius 3 is 2.24 bits per heavy atom. The minimum atomic E-state index is -0.881. The van der Waals surface area contributed by atoms with Gasteiger partial charge in [-0.1, -0.05) is 48.0 Å². The number of hydrogen-bond donors (Lipinski definition) is 1. The summed E-state index contributed by atoms with van der Waals surface area (Å²) in [7, 11) is 0. The van der Waals surface area contributed by atoms with Gasteiger partial charge in [0, 0.05) is 11.8 Å². The second-order valence-corrected chi connectivity index (χ2v) is 6.09. The average Bonchev–Trinajstić information content (AvgIpc) is 2.57. The molecule has 0 aliphatic carbocycles. The molecule has 1 amide bonds. The molecule has 0 saturated heterocycles. The molecule has 4 heteroatoms. The van der Waals surface area contributed by atoms with E-state index in [1.165, 1.54) is 6.08 Å². The fourth-order valence-corrected chi connectivity index (χ4v) is 2.60. The third-order valence-electron chi connectivity index (χ3n) is 3.80. The summed E-state index contributed by atoms with van der Waals surface area (Å²) in [5.74, 6) is -0.902. The van der Waals surface area contributed by atoms with Crippen LogP contribution in [0.1, 0.15) is 29.2 Å². The molecule has 0 aromatic heterocycles. The van der Waals surface area contributed by atoms with Crippen LogP contribution in [0.5, 0.6) is 0 Å². The van der Waals surface area contributed by atoms with E-state index < -0.39 is 12.1 Å². The van der Waals surface area contributed by atoms with Crippen LogP contribution >= 0.6 is 0 Å². The predicted octanol–water partition coefficient (Wildman–Crippen LogP) is 4.20. The first-order valence-corrected chi connectivity index (χ1v) is 8.19. The highest BCUT2D eigenvalue weighted by atomic mass is 16.5. The van der Waals surface area contributed by atoms with E-state index in [4.69, 9.17) is 4.74 Å². The van der Waals surface area contributed by atoms with Crippen molar-refractivity contribution in [1.82, 2.24) is 0 Å². The quantitative estimate of drug-likeness (QED) is 0.657. The predicted molar refractivity (Wildman–Crippen MR) is 100 cm³/mol. The molecule has 1 N–H and O–H groups in total. The molecular weight excluding hydrogens is 314 g/mol. The highest BCUT2D eigenvalue weighted by Crippen LogP contribution is 2.22. The number of rotatable bonds is 5. The molecule has 0 saturated carbocycles. The molecule has 0 aliphatic rings. The van der Waals surface area contributed by atoms with E-state index in [0.29, 0.717) is 0 Å². The van der Waals surface area contributed by atoms with Crippen LogP contribution in [0.4, 0.5) is 5.69 Å². The number of ether oxygens (including phenoxy) is 1. The van der Waals surface area contributed by atoms with Crippen molar-refractivity contribution in [2.75, 3.05) is 5.32 Å². The van der Waals surface area contributed by atoms with Crippen molar-refractivity contribution in [1.29, 1.82) is 0 Å². The normalized spacial score (nSPS) is 12.0. The fraction of sp³-hybridized carbons (Fsp3) is 0.238. The molecule has 0 spiro atoms. The Hall–Kier alpha value is -2.88. The van der Waals surface area contributed by atoms with E-state index in [0.717, 1.165) is 27.9 Å². The number of hydrogen-bond acceptors (Lipinski definition) is 3. The summed E-state index contributed by atoms with van der Waals surface area (Å²) in [6.45, 7) is 7.45. The van der Waals surface area contributed by atoms with E-state index >= 15 is 0 Å². The molecule has 0 unspecified atom stereocenters. The van der Waals surface area contributed by atoms with Crippen molar-refractivity contribution in [3.05, 3.63) is 70.8 Å². The SMILES string of the molecule is Cc1cc(C)c(NC(=O)[C@H](C)OC(=O)/C=C/c2ccccc2)c(C)c1. The van der Waals surface area contributed by atoms with Gasteiger partial charge in [0.05, 0.1) is 0 Å². The molecule has 130 valence electrons. The van der Waals surface area contributed by atoms with Gasteiger partial charge in [-0.3, -0.25) is 4.79 Å². The summed E-state index contributed by atoms with van der Waals surface area (Å²) in [5, 5.41) is 2.84. The second kappa shape index (κ2) is 8.29. The monoisotopic (exact) mass is 337 g/mol. The van der Waals surface area contributed by atoms with Crippen LogP contribution < -0.4 is 5.32 Å². The van der Waals surface area contributed by atoms with Crippen LogP contribution in [0.15, 0.2) is 48.5 Å². The number of aryl methyl sites for hydroxylation is 3. The van der Waals surface area contributed by atoms with Crippen molar-refractivity contribution in [2.24, 2.45) is 0 Å². The molecule has 25 heavy (non-hydrogen) atoms. The minimum absolute atomic E-state index is 0.350. The lowest BCUT2D eigenvalue weighted by Crippen LogP contribution is -2.30. The Balaban J connectivity index is 1.96. The third-order valence-corrected chi connectivity index (χ3v) is 3.80. The van der Waals surface area contributed by atoms with Gasteiger partial charge in [0.2, 0.25) is 0 Å². The number of benzene rings is 2. The van der Waals surface area contributed by atoms with Crippen molar-refractivity contribution in [3.63, 3.8) is 0 Å². The van der Waals surface area contributed by atoms with E-state index in [1.54, 1.807) is 13.0 Å². The number of anilines is 1. The molecule has 1 atom stereocenters. The molecule has 4 nitrogen and oxygen atoms in total. The minimum Gasteiger partial charge on any atom is -0.449 e. The van der Waals surface area contributed by atoms with Crippen LogP contribution in [0, 0.1) is 20.8 Å². The maximum atomic E-state index is 12.3. The fourth-order valence-electron chi connectivity index (χ4n) is 2.60. The van der Waals surface area contributed by atoms with E-state index in [9.17, 15) is 9.59 Å². The summed E-state index contributed by atoms with van der Waals surface area (Å²) < 4.78 is 5.17. The lowest BCUT2D eigenvalue weighted by Gasteiger charge is -2.16. The third kappa shape index (κ3) is 5.31. The van der Waals surface area contributed by atoms with Crippen LogP contribution in [-0.4, -0.2) is 18.0 Å². The van der Waals surface area contributed by atoms with Gasteiger partial charge in [-0.15, -0.1) is 0 Å². The molecule has 0 heterocycles. The van der Waals surface area contributed by atoms with Crippen molar-refractivity contribution in [3.8, 4) is 0 Å². The van der Waals surface area contributed by atoms with E-state index in [2.05, 4.69) is 5.32 Å². The summed E-state index contributed by atoms with van der Waals surface area (Å²) in [4.78, 5) is 24.2. The van der Waals surface area contributed by atoms with Crippen LogP contribution in [0.2, 0.25) is 0 Å². The first kappa shape index (κ1) is 18.5. The molecular formula is C21H23NO3. The molecule has 0 fully saturated rings. The largest absolute Gasteiger partial charge is 0.449 e. The van der Waals surface area contributed by atoms with Gasteiger partial charge < -0.3 is 10.1 Å². The molecule has 0 radical (unpaired) electrons. The zero-order valence-electron chi connectivity index (χ0n) is 15.0. The van der Waals surface area contributed by atoms with Gasteiger partial charge in [0.1, 0.15) is 0 Å². The van der Waals surface area contributed by atoms with Crippen LogP contribution in [0.25, 0.3) is 6.08 Å². The van der Waals surface area contributed by atoms with Gasteiger partial charge in [0.15, 0.2) is 6.10 Å². The number of carbonyl (C=O) groups excluding carboxylic acids is 2. The Labute approximate surface area is 148 Å². The Kier molecular flexibility index (Phi) is 6.12. The number of nitrogens with one attached hydrogen (secondary N) is 1. The zero-order valence-corrected chi connectivity index (χ0v) is 15.0. The standard InChI is InChI=1S/C21H23NO3/c1-14-12-15(2)20(16(3)13-14)22-21(24)17(4)25-19(23)11-10-18-8-6-5-7-9-18/h5-13,17H,1-4H3,(H,22,24)/b11-10+/t17-/m0/s1. The highest BCUT2D eigenvalue weighted by Gasteiger charge is 2.18. The van der Waals surface area contributed by atoms with E-state index in [1.807, 2.05) is 63.2 Å². The Morgan fingerprint density at radius 1 is 1.04 bits per heavy atom. The van der Waals surface area contributed by atoms with Gasteiger partial charge >= 0.3 is 5.97 Å². The van der Waals surface area contributed by atoms with Crippen molar-refractivity contribution in [2.45, 2.75) is 33.8 Å². The maximum Gasteiger partial charge on any atom is 0.331 e. The van der Waals surface area contributed by atoms with Crippen LogP contribution in [0.3, 0.4) is 0 Å². The summed E-state index contributed by atoms with van der Waals surface area (Å²) >= 11 is 0. The second-order valence-electron chi connectivity index (χ2n) is 6.09. The van der Waals surface area contributed by atoms with Gasteiger partial charge in [-0.05, 0) is 50.5 Å². The summed E-state index contributed by atoms with van der Waals surface area (Å²) in [6.07, 6.45) is 2.09. The summed E-state index contributed by atoms with van der Waals surface area (Å²) in [5.41, 5.74) is 4.75. The lowest BCUT2D eigenvalue weighted by atomic mass is 10.0. The number of esters is 1. The topological polar surface area (TPSA) is 55.4 Å². The first-order chi connectivity index (χ1) is 11.9. The van der Waals surface area contributed by atoms with Gasteiger partial charge in [0.25, 0.3) is 5.91 Å². The Morgan fingerprint density at radius 2 is 1.64 bits per heavy atom.